The first kappa shape index (κ1) is 21.6. The van der Waals surface area contributed by atoms with Gasteiger partial charge < -0.3 is 10.6 Å². The molecule has 0 fully saturated rings. The summed E-state index contributed by atoms with van der Waals surface area (Å²) in [6.45, 7) is 4.14. The van der Waals surface area contributed by atoms with E-state index in [2.05, 4.69) is 4.98 Å². The summed E-state index contributed by atoms with van der Waals surface area (Å²) >= 11 is 0. The zero-order valence-corrected chi connectivity index (χ0v) is 17.3. The number of carbonyl (C=O) groups is 1. The van der Waals surface area contributed by atoms with Crippen molar-refractivity contribution < 1.29 is 4.79 Å². The number of aromatic amines is 1. The van der Waals surface area contributed by atoms with Gasteiger partial charge in [0.15, 0.2) is 5.69 Å². The molecule has 3 rings (SSSR count). The first-order valence-electron chi connectivity index (χ1n) is 9.80. The number of benzene rings is 2. The molecule has 0 radical (unpaired) electrons. The number of carbonyl (C=O) groups excluding carboxylic acids is 1. The number of nitrogens with zero attached hydrogens (tertiary/aromatic N) is 3. The Kier molecular flexibility index (Phi) is 6.36. The summed E-state index contributed by atoms with van der Waals surface area (Å²) in [4.78, 5) is 42.1. The predicted molar refractivity (Wildman–Crippen MR) is 119 cm³/mol. The van der Waals surface area contributed by atoms with E-state index < -0.39 is 17.2 Å². The highest BCUT2D eigenvalue weighted by Crippen LogP contribution is 2.22. The van der Waals surface area contributed by atoms with Gasteiger partial charge in [-0.1, -0.05) is 50.2 Å². The normalized spacial score (nSPS) is 10.6. The zero-order chi connectivity index (χ0) is 22.5. The fraction of sp³-hybridized carbons (Fsp3) is 0.217. The van der Waals surface area contributed by atoms with Crippen molar-refractivity contribution in [3.05, 3.63) is 92.1 Å². The standard InChI is InChI=1S/C23H23N5O3/c1-15(2)13-27(22(30)18-10-6-9-17(11-18)12-24)19-20(25)28(23(31)26-21(19)29)14-16-7-4-3-5-8-16/h3-11,15H,13-14,25H2,1-2H3,(H,26,29,31). The van der Waals surface area contributed by atoms with Crippen LogP contribution in [0.5, 0.6) is 0 Å². The van der Waals surface area contributed by atoms with Crippen molar-refractivity contribution in [1.82, 2.24) is 9.55 Å². The van der Waals surface area contributed by atoms with Gasteiger partial charge >= 0.3 is 5.69 Å². The smallest absolute Gasteiger partial charge is 0.330 e. The molecular formula is C23H23N5O3. The van der Waals surface area contributed by atoms with E-state index in [1.807, 2.05) is 50.2 Å². The van der Waals surface area contributed by atoms with E-state index in [4.69, 9.17) is 11.0 Å². The third-order valence-corrected chi connectivity index (χ3v) is 4.70. The minimum atomic E-state index is -0.739. The topological polar surface area (TPSA) is 125 Å². The molecular weight excluding hydrogens is 394 g/mol. The Morgan fingerprint density at radius 2 is 1.87 bits per heavy atom. The molecule has 1 amide bonds. The Morgan fingerprint density at radius 1 is 1.16 bits per heavy atom. The number of nitriles is 1. The number of anilines is 2. The van der Waals surface area contributed by atoms with Crippen molar-refractivity contribution in [3.63, 3.8) is 0 Å². The van der Waals surface area contributed by atoms with Gasteiger partial charge in [0.1, 0.15) is 5.82 Å². The number of H-pyrrole nitrogens is 1. The summed E-state index contributed by atoms with van der Waals surface area (Å²) in [6, 6.07) is 17.4. The minimum Gasteiger partial charge on any atom is -0.383 e. The maximum atomic E-state index is 13.3. The maximum Gasteiger partial charge on any atom is 0.330 e. The summed E-state index contributed by atoms with van der Waals surface area (Å²) in [7, 11) is 0. The number of nitrogens with two attached hydrogens (primary N) is 1. The van der Waals surface area contributed by atoms with Crippen LogP contribution in [0.3, 0.4) is 0 Å². The molecule has 8 nitrogen and oxygen atoms in total. The summed E-state index contributed by atoms with van der Waals surface area (Å²) in [5, 5.41) is 9.15. The largest absolute Gasteiger partial charge is 0.383 e. The molecule has 0 aliphatic carbocycles. The number of amides is 1. The first-order chi connectivity index (χ1) is 14.8. The molecule has 3 aromatic rings. The van der Waals surface area contributed by atoms with Crippen LogP contribution in [0.1, 0.15) is 35.3 Å². The molecule has 0 aliphatic rings. The SMILES string of the molecule is CC(C)CN(C(=O)c1cccc(C#N)c1)c1c(N)n(Cc2ccccc2)c(=O)[nH]c1=O. The highest BCUT2D eigenvalue weighted by atomic mass is 16.2. The maximum absolute atomic E-state index is 13.3. The van der Waals surface area contributed by atoms with E-state index in [0.717, 1.165) is 5.56 Å². The highest BCUT2D eigenvalue weighted by Gasteiger charge is 2.26. The molecule has 0 bridgehead atoms. The Bertz CT molecular complexity index is 1250. The number of aromatic nitrogens is 2. The minimum absolute atomic E-state index is 0.0106. The second kappa shape index (κ2) is 9.13. The van der Waals surface area contributed by atoms with Crippen LogP contribution in [-0.4, -0.2) is 22.0 Å². The van der Waals surface area contributed by atoms with Crippen molar-refractivity contribution in [2.75, 3.05) is 17.2 Å². The van der Waals surface area contributed by atoms with Crippen LogP contribution < -0.4 is 21.9 Å². The average molecular weight is 417 g/mol. The lowest BCUT2D eigenvalue weighted by Crippen LogP contribution is -2.42. The van der Waals surface area contributed by atoms with Gasteiger partial charge in [0.25, 0.3) is 11.5 Å². The Hall–Kier alpha value is -4.12. The Labute approximate surface area is 179 Å². The van der Waals surface area contributed by atoms with E-state index in [9.17, 15) is 14.4 Å². The van der Waals surface area contributed by atoms with Crippen LogP contribution in [0.25, 0.3) is 0 Å². The second-order valence-corrected chi connectivity index (χ2v) is 7.57. The summed E-state index contributed by atoms with van der Waals surface area (Å²) in [5.74, 6) is -0.563. The van der Waals surface area contributed by atoms with Crippen LogP contribution in [0.15, 0.2) is 64.2 Å². The van der Waals surface area contributed by atoms with E-state index >= 15 is 0 Å². The lowest BCUT2D eigenvalue weighted by Gasteiger charge is -2.26. The molecule has 0 saturated carbocycles. The van der Waals surface area contributed by atoms with Crippen LogP contribution in [0.4, 0.5) is 11.5 Å². The predicted octanol–water partition coefficient (Wildman–Crippen LogP) is 2.34. The van der Waals surface area contributed by atoms with Gasteiger partial charge in [0, 0.05) is 12.1 Å². The van der Waals surface area contributed by atoms with Crippen LogP contribution in [0, 0.1) is 17.2 Å². The van der Waals surface area contributed by atoms with Gasteiger partial charge in [-0.2, -0.15) is 5.26 Å². The summed E-state index contributed by atoms with van der Waals surface area (Å²) < 4.78 is 1.23. The van der Waals surface area contributed by atoms with Gasteiger partial charge in [-0.15, -0.1) is 0 Å². The molecule has 0 spiro atoms. The monoisotopic (exact) mass is 417 g/mol. The number of hydrogen-bond acceptors (Lipinski definition) is 5. The second-order valence-electron chi connectivity index (χ2n) is 7.57. The quantitative estimate of drug-likeness (QED) is 0.637. The van der Waals surface area contributed by atoms with Gasteiger partial charge in [-0.25, -0.2) is 4.79 Å². The first-order valence-corrected chi connectivity index (χ1v) is 9.80. The molecule has 158 valence electrons. The molecule has 0 aliphatic heterocycles. The van der Waals surface area contributed by atoms with Gasteiger partial charge in [-0.3, -0.25) is 19.1 Å². The van der Waals surface area contributed by atoms with E-state index in [-0.39, 0.29) is 36.1 Å². The molecule has 31 heavy (non-hydrogen) atoms. The number of nitrogens with one attached hydrogen (secondary N) is 1. The van der Waals surface area contributed by atoms with Crippen molar-refractivity contribution in [2.24, 2.45) is 5.92 Å². The molecule has 1 aromatic heterocycles. The lowest BCUT2D eigenvalue weighted by atomic mass is 10.1. The molecule has 0 saturated heterocycles. The molecule has 2 aromatic carbocycles. The highest BCUT2D eigenvalue weighted by molar-refractivity contribution is 6.07. The third kappa shape index (κ3) is 4.73. The third-order valence-electron chi connectivity index (χ3n) is 4.70. The van der Waals surface area contributed by atoms with Crippen molar-refractivity contribution >= 4 is 17.4 Å². The molecule has 3 N–H and O–H groups in total. The fourth-order valence-electron chi connectivity index (χ4n) is 3.28. The molecule has 8 heteroatoms. The fourth-order valence-corrected chi connectivity index (χ4v) is 3.28. The van der Waals surface area contributed by atoms with E-state index in [0.29, 0.717) is 5.56 Å². The lowest BCUT2D eigenvalue weighted by molar-refractivity contribution is 0.0983. The Balaban J connectivity index is 2.14. The number of nitrogen functional groups attached to an aromatic ring is 1. The Morgan fingerprint density at radius 3 is 2.52 bits per heavy atom. The number of rotatable bonds is 6. The van der Waals surface area contributed by atoms with Gasteiger partial charge in [0.05, 0.1) is 18.2 Å². The van der Waals surface area contributed by atoms with Crippen molar-refractivity contribution in [3.8, 4) is 6.07 Å². The molecule has 1 heterocycles. The average Bonchev–Trinajstić information content (AvgIpc) is 2.75. The summed E-state index contributed by atoms with van der Waals surface area (Å²) in [6.07, 6.45) is 0. The van der Waals surface area contributed by atoms with Crippen LogP contribution >= 0.6 is 0 Å². The number of hydrogen-bond donors (Lipinski definition) is 2. The van der Waals surface area contributed by atoms with Gasteiger partial charge in [0.2, 0.25) is 0 Å². The van der Waals surface area contributed by atoms with Crippen molar-refractivity contribution in [2.45, 2.75) is 20.4 Å². The molecule has 0 atom stereocenters. The van der Waals surface area contributed by atoms with E-state index in [1.165, 1.54) is 15.5 Å². The van der Waals surface area contributed by atoms with Gasteiger partial charge in [-0.05, 0) is 29.7 Å². The molecule has 0 unspecified atom stereocenters. The zero-order valence-electron chi connectivity index (χ0n) is 17.3. The van der Waals surface area contributed by atoms with E-state index in [1.54, 1.807) is 18.2 Å². The van der Waals surface area contributed by atoms with Crippen LogP contribution in [-0.2, 0) is 6.54 Å². The summed E-state index contributed by atoms with van der Waals surface area (Å²) in [5.41, 5.74) is 6.19. The van der Waals surface area contributed by atoms with Crippen molar-refractivity contribution in [1.29, 1.82) is 5.26 Å². The van der Waals surface area contributed by atoms with Crippen LogP contribution in [0.2, 0.25) is 0 Å².